The first kappa shape index (κ1) is 22.8. The lowest BCUT2D eigenvalue weighted by Gasteiger charge is -2.28. The van der Waals surface area contributed by atoms with Crippen molar-refractivity contribution < 1.29 is 24.0 Å². The fraction of sp³-hybridized carbons (Fsp3) is 0.333. The summed E-state index contributed by atoms with van der Waals surface area (Å²) in [6, 6.07) is 13.3. The predicted molar refractivity (Wildman–Crippen MR) is 111 cm³/mol. The number of aryl methyl sites for hydroxylation is 1. The van der Waals surface area contributed by atoms with E-state index in [0.717, 1.165) is 0 Å². The maximum Gasteiger partial charge on any atom is 0.329 e. The number of carbonyl (C=O) groups is 2. The summed E-state index contributed by atoms with van der Waals surface area (Å²) in [4.78, 5) is 34.9. The molecule has 1 atom stereocenters. The van der Waals surface area contributed by atoms with Crippen LogP contribution in [0.4, 0.5) is 11.4 Å². The second kappa shape index (κ2) is 10.4. The molecule has 2 N–H and O–H groups in total. The zero-order valence-corrected chi connectivity index (χ0v) is 17.1. The van der Waals surface area contributed by atoms with Crippen LogP contribution in [-0.2, 0) is 14.3 Å². The molecule has 0 aliphatic carbocycles. The number of methoxy groups -OCH3 is 1. The summed E-state index contributed by atoms with van der Waals surface area (Å²) in [6.07, 6.45) is 0.0417. The summed E-state index contributed by atoms with van der Waals surface area (Å²) in [5.74, 6) is -0.260. The highest BCUT2D eigenvalue weighted by Gasteiger charge is 2.35. The van der Waals surface area contributed by atoms with Gasteiger partial charge >= 0.3 is 5.97 Å². The molecule has 30 heavy (non-hydrogen) atoms. The SMILES string of the molecule is COC(=O)C(C)(COc1ccccc1)NCCC(=O)Nc1cc([N+](=O)[O-])ccc1C. The van der Waals surface area contributed by atoms with Crippen LogP contribution >= 0.6 is 0 Å². The molecule has 0 fully saturated rings. The van der Waals surface area contributed by atoms with Crippen molar-refractivity contribution in [3.63, 3.8) is 0 Å². The Morgan fingerprint density at radius 3 is 2.50 bits per heavy atom. The van der Waals surface area contributed by atoms with Gasteiger partial charge in [0, 0.05) is 25.1 Å². The van der Waals surface area contributed by atoms with Crippen LogP contribution in [0.1, 0.15) is 18.9 Å². The normalized spacial score (nSPS) is 12.5. The van der Waals surface area contributed by atoms with Gasteiger partial charge in [-0.3, -0.25) is 20.2 Å². The van der Waals surface area contributed by atoms with Gasteiger partial charge in [-0.25, -0.2) is 4.79 Å². The molecule has 0 aromatic heterocycles. The molecule has 0 spiro atoms. The zero-order valence-electron chi connectivity index (χ0n) is 17.1. The van der Waals surface area contributed by atoms with Gasteiger partial charge in [0.25, 0.3) is 5.69 Å². The Labute approximate surface area is 174 Å². The molecule has 0 heterocycles. The predicted octanol–water partition coefficient (Wildman–Crippen LogP) is 2.83. The number of nitrogens with zero attached hydrogens (tertiary/aromatic N) is 1. The largest absolute Gasteiger partial charge is 0.491 e. The van der Waals surface area contributed by atoms with E-state index in [9.17, 15) is 19.7 Å². The van der Waals surface area contributed by atoms with Crippen molar-refractivity contribution in [3.8, 4) is 5.75 Å². The van der Waals surface area contributed by atoms with Gasteiger partial charge in [0.15, 0.2) is 0 Å². The number of carbonyl (C=O) groups excluding carboxylic acids is 2. The number of hydrogen-bond acceptors (Lipinski definition) is 7. The maximum atomic E-state index is 12.3. The summed E-state index contributed by atoms with van der Waals surface area (Å²) in [7, 11) is 1.28. The number of amides is 1. The van der Waals surface area contributed by atoms with Crippen LogP contribution in [0.5, 0.6) is 5.75 Å². The van der Waals surface area contributed by atoms with Crippen LogP contribution in [0.2, 0.25) is 0 Å². The maximum absolute atomic E-state index is 12.3. The number of nitro groups is 1. The fourth-order valence-electron chi connectivity index (χ4n) is 2.67. The summed E-state index contributed by atoms with van der Waals surface area (Å²) in [6.45, 7) is 3.55. The average molecular weight is 415 g/mol. The molecule has 2 rings (SSSR count). The minimum atomic E-state index is -1.16. The lowest BCUT2D eigenvalue weighted by Crippen LogP contribution is -2.55. The number of esters is 1. The highest BCUT2D eigenvalue weighted by Crippen LogP contribution is 2.22. The van der Waals surface area contributed by atoms with E-state index in [1.165, 1.54) is 19.2 Å². The lowest BCUT2D eigenvalue weighted by atomic mass is 10.0. The van der Waals surface area contributed by atoms with E-state index >= 15 is 0 Å². The van der Waals surface area contributed by atoms with Gasteiger partial charge in [-0.05, 0) is 31.5 Å². The number of para-hydroxylation sites is 1. The number of rotatable bonds is 10. The van der Waals surface area contributed by atoms with Crippen LogP contribution in [0.3, 0.4) is 0 Å². The Morgan fingerprint density at radius 2 is 1.87 bits per heavy atom. The third-order valence-electron chi connectivity index (χ3n) is 4.48. The summed E-state index contributed by atoms with van der Waals surface area (Å²) in [5.41, 5.74) is -0.188. The highest BCUT2D eigenvalue weighted by atomic mass is 16.6. The van der Waals surface area contributed by atoms with Gasteiger partial charge < -0.3 is 14.8 Å². The van der Waals surface area contributed by atoms with Crippen LogP contribution in [0.25, 0.3) is 0 Å². The molecule has 1 unspecified atom stereocenters. The van der Waals surface area contributed by atoms with E-state index in [0.29, 0.717) is 17.0 Å². The number of anilines is 1. The number of non-ortho nitro benzene ring substituents is 1. The van der Waals surface area contributed by atoms with Gasteiger partial charge in [0.2, 0.25) is 5.91 Å². The lowest BCUT2D eigenvalue weighted by molar-refractivity contribution is -0.384. The highest BCUT2D eigenvalue weighted by molar-refractivity contribution is 5.92. The van der Waals surface area contributed by atoms with E-state index in [4.69, 9.17) is 9.47 Å². The van der Waals surface area contributed by atoms with Crippen LogP contribution in [0.15, 0.2) is 48.5 Å². The Bertz CT molecular complexity index is 903. The Balaban J connectivity index is 1.94. The standard InChI is InChI=1S/C21H25N3O6/c1-15-9-10-16(24(27)28)13-18(15)23-19(25)11-12-22-21(2,20(26)29-3)14-30-17-7-5-4-6-8-17/h4-10,13,22H,11-12,14H2,1-3H3,(H,23,25). The number of hydrogen-bond donors (Lipinski definition) is 2. The van der Waals surface area contributed by atoms with Gasteiger partial charge in [0.1, 0.15) is 17.9 Å². The minimum absolute atomic E-state index is 0.00922. The molecular weight excluding hydrogens is 390 g/mol. The van der Waals surface area contributed by atoms with Crippen molar-refractivity contribution in [1.82, 2.24) is 5.32 Å². The summed E-state index contributed by atoms with van der Waals surface area (Å²) < 4.78 is 10.5. The molecule has 160 valence electrons. The van der Waals surface area contributed by atoms with Gasteiger partial charge in [-0.2, -0.15) is 0 Å². The first-order valence-electron chi connectivity index (χ1n) is 9.31. The molecule has 9 heteroatoms. The second-order valence-electron chi connectivity index (χ2n) is 6.91. The average Bonchev–Trinajstić information content (AvgIpc) is 2.73. The number of nitrogens with one attached hydrogen (secondary N) is 2. The molecular formula is C21H25N3O6. The second-order valence-corrected chi connectivity index (χ2v) is 6.91. The van der Waals surface area contributed by atoms with E-state index in [1.54, 1.807) is 32.0 Å². The van der Waals surface area contributed by atoms with Crippen molar-refractivity contribution in [2.45, 2.75) is 25.8 Å². The van der Waals surface area contributed by atoms with E-state index in [1.807, 2.05) is 18.2 Å². The molecule has 0 radical (unpaired) electrons. The van der Waals surface area contributed by atoms with Gasteiger partial charge in [-0.15, -0.1) is 0 Å². The Hall–Kier alpha value is -3.46. The van der Waals surface area contributed by atoms with Crippen LogP contribution in [-0.4, -0.2) is 42.6 Å². The van der Waals surface area contributed by atoms with E-state index < -0.39 is 16.4 Å². The van der Waals surface area contributed by atoms with E-state index in [-0.39, 0.29) is 31.2 Å². The quantitative estimate of drug-likeness (QED) is 0.348. The van der Waals surface area contributed by atoms with Crippen molar-refractivity contribution >= 4 is 23.3 Å². The third kappa shape index (κ3) is 6.28. The van der Waals surface area contributed by atoms with Gasteiger partial charge in [-0.1, -0.05) is 24.3 Å². The topological polar surface area (TPSA) is 120 Å². The van der Waals surface area contributed by atoms with Crippen molar-refractivity contribution in [2.24, 2.45) is 0 Å². The third-order valence-corrected chi connectivity index (χ3v) is 4.48. The van der Waals surface area contributed by atoms with Crippen molar-refractivity contribution in [2.75, 3.05) is 25.6 Å². The van der Waals surface area contributed by atoms with E-state index in [2.05, 4.69) is 10.6 Å². The Kier molecular flexibility index (Phi) is 7.88. The van der Waals surface area contributed by atoms with Crippen molar-refractivity contribution in [3.05, 3.63) is 64.2 Å². The smallest absolute Gasteiger partial charge is 0.329 e. The molecule has 9 nitrogen and oxygen atoms in total. The number of benzene rings is 2. The van der Waals surface area contributed by atoms with Gasteiger partial charge in [0.05, 0.1) is 17.7 Å². The summed E-state index contributed by atoms with van der Waals surface area (Å²) in [5, 5.41) is 16.6. The Morgan fingerprint density at radius 1 is 1.17 bits per heavy atom. The molecule has 0 saturated heterocycles. The zero-order chi connectivity index (χ0) is 22.1. The van der Waals surface area contributed by atoms with Crippen LogP contribution < -0.4 is 15.4 Å². The molecule has 0 aliphatic rings. The van der Waals surface area contributed by atoms with Crippen LogP contribution in [0, 0.1) is 17.0 Å². The molecule has 2 aromatic carbocycles. The number of nitro benzene ring substituents is 1. The first-order valence-corrected chi connectivity index (χ1v) is 9.31. The monoisotopic (exact) mass is 415 g/mol. The summed E-state index contributed by atoms with van der Waals surface area (Å²) >= 11 is 0. The molecule has 0 saturated carbocycles. The number of ether oxygens (including phenoxy) is 2. The molecule has 1 amide bonds. The first-order chi connectivity index (χ1) is 14.2. The van der Waals surface area contributed by atoms with Crippen molar-refractivity contribution in [1.29, 1.82) is 0 Å². The molecule has 2 aromatic rings. The molecule has 0 aliphatic heterocycles. The molecule has 0 bridgehead atoms. The fourth-order valence-corrected chi connectivity index (χ4v) is 2.67. The minimum Gasteiger partial charge on any atom is -0.491 e.